The number of rotatable bonds is 5. The molecule has 1 N–H and O–H groups in total. The van der Waals surface area contributed by atoms with E-state index in [2.05, 4.69) is 10.2 Å². The van der Waals surface area contributed by atoms with Gasteiger partial charge in [-0.2, -0.15) is 0 Å². The summed E-state index contributed by atoms with van der Waals surface area (Å²) in [6, 6.07) is 13.5. The van der Waals surface area contributed by atoms with E-state index >= 15 is 0 Å². The number of benzene rings is 1. The zero-order valence-corrected chi connectivity index (χ0v) is 13.6. The maximum absolute atomic E-state index is 12.3. The second kappa shape index (κ2) is 7.47. The van der Waals surface area contributed by atoms with Crippen LogP contribution in [0.15, 0.2) is 46.9 Å². The number of amides is 1. The van der Waals surface area contributed by atoms with Gasteiger partial charge in [0.05, 0.1) is 6.04 Å². The van der Waals surface area contributed by atoms with Gasteiger partial charge in [-0.1, -0.05) is 24.6 Å². The molecule has 122 valence electrons. The third-order valence-corrected chi connectivity index (χ3v) is 4.41. The number of nitrogens with zero attached hydrogens (tertiary/aromatic N) is 1. The monoisotopic (exact) mass is 312 g/mol. The minimum absolute atomic E-state index is 0.0316. The van der Waals surface area contributed by atoms with Gasteiger partial charge in [0.25, 0.3) is 5.91 Å². The third-order valence-electron chi connectivity index (χ3n) is 4.41. The first-order valence-electron chi connectivity index (χ1n) is 8.37. The lowest BCUT2D eigenvalue weighted by atomic mass is 10.1. The number of hydrogen-bond donors (Lipinski definition) is 1. The molecule has 1 saturated heterocycles. The fourth-order valence-electron chi connectivity index (χ4n) is 3.15. The van der Waals surface area contributed by atoms with E-state index < -0.39 is 0 Å². The lowest BCUT2D eigenvalue weighted by Crippen LogP contribution is -2.40. The molecule has 2 aromatic rings. The minimum atomic E-state index is -0.0316. The maximum atomic E-state index is 12.3. The smallest absolute Gasteiger partial charge is 0.251 e. The second-order valence-electron chi connectivity index (χ2n) is 6.14. The van der Waals surface area contributed by atoms with Crippen LogP contribution in [0.25, 0.3) is 0 Å². The molecule has 0 bridgehead atoms. The van der Waals surface area contributed by atoms with Gasteiger partial charge in [0.15, 0.2) is 0 Å². The summed E-state index contributed by atoms with van der Waals surface area (Å²) in [5, 5.41) is 3.06. The van der Waals surface area contributed by atoms with E-state index in [0.717, 1.165) is 24.6 Å². The summed E-state index contributed by atoms with van der Waals surface area (Å²) < 4.78 is 5.84. The molecule has 0 saturated carbocycles. The highest BCUT2D eigenvalue weighted by atomic mass is 16.3. The lowest BCUT2D eigenvalue weighted by Gasteiger charge is -2.33. The highest BCUT2D eigenvalue weighted by Crippen LogP contribution is 2.25. The van der Waals surface area contributed by atoms with Crippen molar-refractivity contribution in [3.8, 4) is 0 Å². The van der Waals surface area contributed by atoms with Gasteiger partial charge in [0.1, 0.15) is 11.5 Å². The molecule has 0 spiro atoms. The first kappa shape index (κ1) is 15.8. The van der Waals surface area contributed by atoms with E-state index in [0.29, 0.717) is 12.1 Å². The third kappa shape index (κ3) is 4.02. The molecule has 1 aliphatic rings. The maximum Gasteiger partial charge on any atom is 0.251 e. The summed E-state index contributed by atoms with van der Waals surface area (Å²) in [5.41, 5.74) is 0.695. The van der Waals surface area contributed by atoms with Gasteiger partial charge in [-0.15, -0.1) is 0 Å². The van der Waals surface area contributed by atoms with Crippen LogP contribution in [0.4, 0.5) is 0 Å². The molecule has 1 atom stereocenters. The van der Waals surface area contributed by atoms with E-state index in [1.807, 2.05) is 49.4 Å². The van der Waals surface area contributed by atoms with Crippen LogP contribution in [0.5, 0.6) is 0 Å². The SMILES string of the molecule is Cc1ccc(C(CNC(=O)c2ccccc2)N2CCCCC2)o1. The van der Waals surface area contributed by atoms with Gasteiger partial charge in [0, 0.05) is 12.1 Å². The van der Waals surface area contributed by atoms with Gasteiger partial charge in [-0.05, 0) is 57.1 Å². The van der Waals surface area contributed by atoms with Crippen molar-refractivity contribution < 1.29 is 9.21 Å². The van der Waals surface area contributed by atoms with Crippen molar-refractivity contribution in [3.05, 3.63) is 59.5 Å². The Kier molecular flexibility index (Phi) is 5.13. The van der Waals surface area contributed by atoms with Crippen molar-refractivity contribution in [1.82, 2.24) is 10.2 Å². The van der Waals surface area contributed by atoms with Crippen LogP contribution < -0.4 is 5.32 Å². The normalized spacial score (nSPS) is 16.9. The fraction of sp³-hybridized carbons (Fsp3) is 0.421. The number of piperidine rings is 1. The number of hydrogen-bond acceptors (Lipinski definition) is 3. The molecule has 3 rings (SSSR count). The number of furan rings is 1. The quantitative estimate of drug-likeness (QED) is 0.918. The summed E-state index contributed by atoms with van der Waals surface area (Å²) >= 11 is 0. The van der Waals surface area contributed by atoms with Crippen molar-refractivity contribution in [2.75, 3.05) is 19.6 Å². The molecule has 1 fully saturated rings. The first-order chi connectivity index (χ1) is 11.2. The topological polar surface area (TPSA) is 45.5 Å². The van der Waals surface area contributed by atoms with Crippen LogP contribution in [-0.4, -0.2) is 30.4 Å². The van der Waals surface area contributed by atoms with Crippen molar-refractivity contribution in [3.63, 3.8) is 0 Å². The van der Waals surface area contributed by atoms with E-state index in [9.17, 15) is 4.79 Å². The summed E-state index contributed by atoms with van der Waals surface area (Å²) in [4.78, 5) is 14.7. The van der Waals surface area contributed by atoms with E-state index in [-0.39, 0.29) is 11.9 Å². The van der Waals surface area contributed by atoms with E-state index in [4.69, 9.17) is 4.42 Å². The number of likely N-dealkylation sites (tertiary alicyclic amines) is 1. The Morgan fingerprint density at radius 3 is 2.52 bits per heavy atom. The number of aryl methyl sites for hydroxylation is 1. The Morgan fingerprint density at radius 1 is 1.13 bits per heavy atom. The van der Waals surface area contributed by atoms with Crippen molar-refractivity contribution >= 4 is 5.91 Å². The number of nitrogens with one attached hydrogen (secondary N) is 1. The van der Waals surface area contributed by atoms with Gasteiger partial charge in [0.2, 0.25) is 0 Å². The van der Waals surface area contributed by atoms with Gasteiger partial charge < -0.3 is 9.73 Å². The lowest BCUT2D eigenvalue weighted by molar-refractivity contribution is 0.0913. The molecule has 4 heteroatoms. The molecular weight excluding hydrogens is 288 g/mol. The van der Waals surface area contributed by atoms with Crippen molar-refractivity contribution in [2.24, 2.45) is 0 Å². The van der Waals surface area contributed by atoms with Crippen LogP contribution in [0.2, 0.25) is 0 Å². The zero-order chi connectivity index (χ0) is 16.1. The summed E-state index contributed by atoms with van der Waals surface area (Å²) in [7, 11) is 0. The number of carbonyl (C=O) groups is 1. The molecule has 1 amide bonds. The van der Waals surface area contributed by atoms with Crippen molar-refractivity contribution in [2.45, 2.75) is 32.2 Å². The average Bonchev–Trinajstić information content (AvgIpc) is 3.03. The molecule has 1 aromatic heterocycles. The largest absolute Gasteiger partial charge is 0.465 e. The van der Waals surface area contributed by atoms with Crippen LogP contribution in [0, 0.1) is 6.92 Å². The molecule has 1 aromatic carbocycles. The molecule has 0 aliphatic carbocycles. The Morgan fingerprint density at radius 2 is 1.87 bits per heavy atom. The van der Waals surface area contributed by atoms with Gasteiger partial charge in [-0.3, -0.25) is 9.69 Å². The highest BCUT2D eigenvalue weighted by Gasteiger charge is 2.25. The molecule has 0 radical (unpaired) electrons. The van der Waals surface area contributed by atoms with Gasteiger partial charge in [-0.25, -0.2) is 0 Å². The predicted octanol–water partition coefficient (Wildman–Crippen LogP) is 3.55. The highest BCUT2D eigenvalue weighted by molar-refractivity contribution is 5.94. The molecular formula is C19H24N2O2. The van der Waals surface area contributed by atoms with Crippen LogP contribution >= 0.6 is 0 Å². The second-order valence-corrected chi connectivity index (χ2v) is 6.14. The van der Waals surface area contributed by atoms with Crippen LogP contribution in [-0.2, 0) is 0 Å². The molecule has 1 unspecified atom stereocenters. The summed E-state index contributed by atoms with van der Waals surface area (Å²) in [5.74, 6) is 1.82. The molecule has 4 nitrogen and oxygen atoms in total. The predicted molar refractivity (Wildman–Crippen MR) is 90.4 cm³/mol. The average molecular weight is 312 g/mol. The molecule has 23 heavy (non-hydrogen) atoms. The first-order valence-corrected chi connectivity index (χ1v) is 8.37. The van der Waals surface area contributed by atoms with Crippen molar-refractivity contribution in [1.29, 1.82) is 0 Å². The fourth-order valence-corrected chi connectivity index (χ4v) is 3.15. The summed E-state index contributed by atoms with van der Waals surface area (Å²) in [6.07, 6.45) is 3.71. The standard InChI is InChI=1S/C19H24N2O2/c1-15-10-11-18(23-15)17(21-12-6-3-7-13-21)14-20-19(22)16-8-4-2-5-9-16/h2,4-5,8-11,17H,3,6-7,12-14H2,1H3,(H,20,22). The Bertz CT molecular complexity index is 630. The Hall–Kier alpha value is -2.07. The Labute approximate surface area is 137 Å². The minimum Gasteiger partial charge on any atom is -0.465 e. The number of carbonyl (C=O) groups excluding carboxylic acids is 1. The Balaban J connectivity index is 1.69. The van der Waals surface area contributed by atoms with E-state index in [1.54, 1.807) is 0 Å². The van der Waals surface area contributed by atoms with Crippen LogP contribution in [0.3, 0.4) is 0 Å². The molecule has 2 heterocycles. The molecule has 1 aliphatic heterocycles. The summed E-state index contributed by atoms with van der Waals surface area (Å²) in [6.45, 7) is 4.65. The van der Waals surface area contributed by atoms with Crippen LogP contribution in [0.1, 0.15) is 47.2 Å². The zero-order valence-electron chi connectivity index (χ0n) is 13.6. The van der Waals surface area contributed by atoms with Gasteiger partial charge >= 0.3 is 0 Å². The van der Waals surface area contributed by atoms with E-state index in [1.165, 1.54) is 19.3 Å².